The minimum absolute atomic E-state index is 0.0399. The summed E-state index contributed by atoms with van der Waals surface area (Å²) in [5, 5.41) is 14.9. The fourth-order valence-corrected chi connectivity index (χ4v) is 4.22. The maximum atomic E-state index is 13.0. The van der Waals surface area contributed by atoms with Crippen LogP contribution < -0.4 is 5.32 Å². The van der Waals surface area contributed by atoms with E-state index >= 15 is 0 Å². The van der Waals surface area contributed by atoms with Crippen LogP contribution in [0.2, 0.25) is 5.02 Å². The summed E-state index contributed by atoms with van der Waals surface area (Å²) in [6.45, 7) is 0.0525. The number of aliphatic hydroxyl groups excluding tert-OH is 1. The van der Waals surface area contributed by atoms with Crippen LogP contribution in [0.3, 0.4) is 0 Å². The summed E-state index contributed by atoms with van der Waals surface area (Å²) in [7, 11) is 0. The molecule has 2 heterocycles. The molecule has 0 aliphatic rings. The number of rotatable bonds is 5. The largest absolute Gasteiger partial charge is 0.386 e. The van der Waals surface area contributed by atoms with Crippen molar-refractivity contribution in [3.8, 4) is 9.75 Å². The van der Waals surface area contributed by atoms with E-state index in [1.807, 2.05) is 29.6 Å². The van der Waals surface area contributed by atoms with Gasteiger partial charge in [-0.3, -0.25) is 4.79 Å². The minimum Gasteiger partial charge on any atom is -0.386 e. The molecule has 7 heteroatoms. The third-order valence-electron chi connectivity index (χ3n) is 3.35. The number of thiophene rings is 2. The topological polar surface area (TPSA) is 49.3 Å². The van der Waals surface area contributed by atoms with Crippen LogP contribution in [-0.4, -0.2) is 17.6 Å². The number of nitrogens with one attached hydrogen (secondary N) is 1. The van der Waals surface area contributed by atoms with Crippen molar-refractivity contribution in [1.29, 1.82) is 0 Å². The lowest BCUT2D eigenvalue weighted by molar-refractivity contribution is 0.0918. The molecule has 2 aromatic heterocycles. The molecule has 0 bridgehead atoms. The molecular weight excluding hydrogens is 369 g/mol. The highest BCUT2D eigenvalue weighted by molar-refractivity contribution is 7.21. The highest BCUT2D eigenvalue weighted by atomic mass is 35.5. The highest BCUT2D eigenvalue weighted by Crippen LogP contribution is 2.33. The highest BCUT2D eigenvalue weighted by Gasteiger charge is 2.15. The predicted molar refractivity (Wildman–Crippen MR) is 96.3 cm³/mol. The van der Waals surface area contributed by atoms with Gasteiger partial charge in [0.25, 0.3) is 5.91 Å². The molecule has 1 amide bonds. The Balaban J connectivity index is 1.63. The van der Waals surface area contributed by atoms with Gasteiger partial charge in [-0.1, -0.05) is 17.7 Å². The Morgan fingerprint density at radius 3 is 2.79 bits per heavy atom. The first kappa shape index (κ1) is 17.1. The number of hydrogen-bond donors (Lipinski definition) is 2. The Kier molecular flexibility index (Phi) is 5.30. The number of benzene rings is 1. The Morgan fingerprint density at radius 1 is 1.25 bits per heavy atom. The summed E-state index contributed by atoms with van der Waals surface area (Å²) in [4.78, 5) is 15.1. The second-order valence-electron chi connectivity index (χ2n) is 5.03. The minimum atomic E-state index is -0.813. The molecule has 0 aliphatic heterocycles. The van der Waals surface area contributed by atoms with Gasteiger partial charge in [-0.15, -0.1) is 22.7 Å². The Bertz CT molecular complexity index is 848. The molecule has 124 valence electrons. The predicted octanol–water partition coefficient (Wildman–Crippen LogP) is 4.73. The van der Waals surface area contributed by atoms with E-state index in [9.17, 15) is 14.3 Å². The van der Waals surface area contributed by atoms with Crippen LogP contribution in [0.25, 0.3) is 9.75 Å². The van der Waals surface area contributed by atoms with E-state index in [1.54, 1.807) is 11.3 Å². The van der Waals surface area contributed by atoms with Crippen LogP contribution in [-0.2, 0) is 0 Å². The van der Waals surface area contributed by atoms with E-state index in [1.165, 1.54) is 23.5 Å². The molecular formula is C17H13ClFNO2S2. The molecule has 1 aromatic carbocycles. The first-order chi connectivity index (χ1) is 11.5. The van der Waals surface area contributed by atoms with Crippen molar-refractivity contribution >= 4 is 40.2 Å². The standard InChI is InChI=1S/C17H13ClFNO2S2/c18-12-8-10(19)3-4-11(12)17(22)20-9-13(21)14-5-6-16(24-14)15-2-1-7-23-15/h1-8,13,21H,9H2,(H,20,22)/t13-/m1/s1. The molecule has 0 saturated carbocycles. The number of halogens is 2. The first-order valence-electron chi connectivity index (χ1n) is 7.09. The van der Waals surface area contributed by atoms with Gasteiger partial charge in [0, 0.05) is 21.2 Å². The second kappa shape index (κ2) is 7.44. The van der Waals surface area contributed by atoms with Crippen LogP contribution in [0, 0.1) is 5.82 Å². The van der Waals surface area contributed by atoms with Crippen molar-refractivity contribution < 1.29 is 14.3 Å². The van der Waals surface area contributed by atoms with Gasteiger partial charge in [0.05, 0.1) is 10.6 Å². The average Bonchev–Trinajstić information content (AvgIpc) is 3.23. The van der Waals surface area contributed by atoms with Gasteiger partial charge in [0.1, 0.15) is 11.9 Å². The zero-order chi connectivity index (χ0) is 17.1. The molecule has 0 spiro atoms. The lowest BCUT2D eigenvalue weighted by Gasteiger charge is -2.11. The second-order valence-corrected chi connectivity index (χ2v) is 7.50. The Hall–Kier alpha value is -1.73. The molecule has 0 unspecified atom stereocenters. The van der Waals surface area contributed by atoms with Crippen LogP contribution >= 0.6 is 34.3 Å². The SMILES string of the molecule is O=C(NC[C@@H](O)c1ccc(-c2cccs2)s1)c1ccc(F)cc1Cl. The van der Waals surface area contributed by atoms with Gasteiger partial charge in [-0.05, 0) is 41.8 Å². The van der Waals surface area contributed by atoms with E-state index < -0.39 is 17.8 Å². The third-order valence-corrected chi connectivity index (χ3v) is 5.92. The van der Waals surface area contributed by atoms with E-state index in [-0.39, 0.29) is 17.1 Å². The summed E-state index contributed by atoms with van der Waals surface area (Å²) in [6, 6.07) is 11.4. The number of carbonyl (C=O) groups is 1. The molecule has 3 aromatic rings. The molecule has 0 aliphatic carbocycles. The van der Waals surface area contributed by atoms with Crippen molar-refractivity contribution in [2.45, 2.75) is 6.10 Å². The maximum absolute atomic E-state index is 13.0. The van der Waals surface area contributed by atoms with Gasteiger partial charge in [-0.2, -0.15) is 0 Å². The van der Waals surface area contributed by atoms with Crippen molar-refractivity contribution in [1.82, 2.24) is 5.32 Å². The van der Waals surface area contributed by atoms with Crippen molar-refractivity contribution in [3.05, 3.63) is 69.1 Å². The number of amides is 1. The average molecular weight is 382 g/mol. The van der Waals surface area contributed by atoms with E-state index in [2.05, 4.69) is 5.32 Å². The lowest BCUT2D eigenvalue weighted by atomic mass is 10.2. The van der Waals surface area contributed by atoms with E-state index in [0.717, 1.165) is 20.7 Å². The molecule has 3 nitrogen and oxygen atoms in total. The Morgan fingerprint density at radius 2 is 2.08 bits per heavy atom. The van der Waals surface area contributed by atoms with Crippen LogP contribution in [0.4, 0.5) is 4.39 Å². The van der Waals surface area contributed by atoms with Gasteiger partial charge in [-0.25, -0.2) is 4.39 Å². The summed E-state index contributed by atoms with van der Waals surface area (Å²) in [6.07, 6.45) is -0.813. The smallest absolute Gasteiger partial charge is 0.252 e. The van der Waals surface area contributed by atoms with Gasteiger partial charge >= 0.3 is 0 Å². The van der Waals surface area contributed by atoms with Crippen LogP contribution in [0.15, 0.2) is 47.8 Å². The lowest BCUT2D eigenvalue weighted by Crippen LogP contribution is -2.28. The Labute approximate surface area is 151 Å². The number of hydrogen-bond acceptors (Lipinski definition) is 4. The fourth-order valence-electron chi connectivity index (χ4n) is 2.14. The summed E-state index contributed by atoms with van der Waals surface area (Å²) in [5.41, 5.74) is 0.177. The number of carbonyl (C=O) groups excluding carboxylic acids is 1. The van der Waals surface area contributed by atoms with Gasteiger partial charge in [0.2, 0.25) is 0 Å². The summed E-state index contributed by atoms with van der Waals surface area (Å²) >= 11 is 8.97. The van der Waals surface area contributed by atoms with Crippen LogP contribution in [0.1, 0.15) is 21.3 Å². The summed E-state index contributed by atoms with van der Waals surface area (Å²) in [5.74, 6) is -0.953. The zero-order valence-corrected chi connectivity index (χ0v) is 14.7. The van der Waals surface area contributed by atoms with Gasteiger partial charge < -0.3 is 10.4 Å². The van der Waals surface area contributed by atoms with E-state index in [4.69, 9.17) is 11.6 Å². The fraction of sp³-hybridized carbons (Fsp3) is 0.118. The molecule has 0 fully saturated rings. The quantitative estimate of drug-likeness (QED) is 0.671. The summed E-state index contributed by atoms with van der Waals surface area (Å²) < 4.78 is 13.0. The van der Waals surface area contributed by atoms with Gasteiger partial charge in [0.15, 0.2) is 0 Å². The van der Waals surface area contributed by atoms with E-state index in [0.29, 0.717) is 0 Å². The molecule has 3 rings (SSSR count). The van der Waals surface area contributed by atoms with Crippen molar-refractivity contribution in [2.24, 2.45) is 0 Å². The molecule has 1 atom stereocenters. The molecule has 24 heavy (non-hydrogen) atoms. The zero-order valence-electron chi connectivity index (χ0n) is 12.3. The number of aliphatic hydroxyl groups is 1. The van der Waals surface area contributed by atoms with Crippen molar-refractivity contribution in [2.75, 3.05) is 6.54 Å². The molecule has 0 saturated heterocycles. The normalized spacial score (nSPS) is 12.1. The van der Waals surface area contributed by atoms with Crippen molar-refractivity contribution in [3.63, 3.8) is 0 Å². The molecule has 0 radical (unpaired) electrons. The first-order valence-corrected chi connectivity index (χ1v) is 9.17. The van der Waals surface area contributed by atoms with Crippen LogP contribution in [0.5, 0.6) is 0 Å². The third kappa shape index (κ3) is 3.84. The molecule has 2 N–H and O–H groups in total. The maximum Gasteiger partial charge on any atom is 0.252 e. The monoisotopic (exact) mass is 381 g/mol.